The van der Waals surface area contributed by atoms with E-state index in [1.165, 1.54) is 12.1 Å². The molecule has 1 aromatic carbocycles. The number of rotatable bonds is 6. The maximum absolute atomic E-state index is 12.1. The first kappa shape index (κ1) is 16.7. The second-order valence-corrected chi connectivity index (χ2v) is 5.24. The predicted octanol–water partition coefficient (Wildman–Crippen LogP) is 0.811. The number of ether oxygens (including phenoxy) is 1. The number of methoxy groups -OCH3 is 1. The molecule has 2 N–H and O–H groups in total. The van der Waals surface area contributed by atoms with Gasteiger partial charge in [-0.25, -0.2) is 5.10 Å². The largest absolute Gasteiger partial charge is 0.496 e. The summed E-state index contributed by atoms with van der Waals surface area (Å²) in [5.74, 6) is 0.422. The maximum Gasteiger partial charge on any atom is 0.271 e. The summed E-state index contributed by atoms with van der Waals surface area (Å²) < 4.78 is 5.39. The van der Waals surface area contributed by atoms with Crippen LogP contribution in [-0.2, 0) is 0 Å². The van der Waals surface area contributed by atoms with Crippen molar-refractivity contribution in [1.29, 1.82) is 0 Å². The Morgan fingerprint density at radius 1 is 1.30 bits per heavy atom. The van der Waals surface area contributed by atoms with Gasteiger partial charge in [0.1, 0.15) is 11.4 Å². The minimum atomic E-state index is -0.346. The first-order chi connectivity index (χ1) is 11.0. The quantitative estimate of drug-likeness (QED) is 0.823. The molecule has 1 atom stereocenters. The third kappa shape index (κ3) is 4.17. The van der Waals surface area contributed by atoms with Gasteiger partial charge < -0.3 is 15.0 Å². The summed E-state index contributed by atoms with van der Waals surface area (Å²) in [4.78, 5) is 25.1. The van der Waals surface area contributed by atoms with E-state index in [-0.39, 0.29) is 23.2 Å². The van der Waals surface area contributed by atoms with Gasteiger partial charge >= 0.3 is 0 Å². The van der Waals surface area contributed by atoms with Crippen LogP contribution >= 0.6 is 0 Å². The van der Waals surface area contributed by atoms with E-state index in [1.54, 1.807) is 7.11 Å². The Bertz CT molecular complexity index is 707. The van der Waals surface area contributed by atoms with E-state index < -0.39 is 0 Å². The van der Waals surface area contributed by atoms with Gasteiger partial charge in [0.15, 0.2) is 0 Å². The van der Waals surface area contributed by atoms with Crippen molar-refractivity contribution in [2.75, 3.05) is 27.7 Å². The van der Waals surface area contributed by atoms with Crippen LogP contribution in [0.4, 0.5) is 0 Å². The molecule has 1 amide bonds. The summed E-state index contributed by atoms with van der Waals surface area (Å²) in [6.45, 7) is 0.382. The summed E-state index contributed by atoms with van der Waals surface area (Å²) in [5.41, 5.74) is 0.804. The second kappa shape index (κ2) is 7.55. The molecular formula is C16H20N4O3. The van der Waals surface area contributed by atoms with Crippen LogP contribution in [0.15, 0.2) is 41.2 Å². The topological polar surface area (TPSA) is 87.3 Å². The van der Waals surface area contributed by atoms with Gasteiger partial charge in [0.25, 0.3) is 11.5 Å². The number of aromatic nitrogens is 2. The van der Waals surface area contributed by atoms with Crippen LogP contribution in [0.2, 0.25) is 0 Å². The smallest absolute Gasteiger partial charge is 0.271 e. The summed E-state index contributed by atoms with van der Waals surface area (Å²) >= 11 is 0. The molecule has 7 nitrogen and oxygen atoms in total. The summed E-state index contributed by atoms with van der Waals surface area (Å²) in [7, 11) is 5.48. The molecule has 122 valence electrons. The lowest BCUT2D eigenvalue weighted by Gasteiger charge is -2.26. The number of benzene rings is 1. The van der Waals surface area contributed by atoms with Crippen molar-refractivity contribution < 1.29 is 9.53 Å². The van der Waals surface area contributed by atoms with Gasteiger partial charge in [-0.1, -0.05) is 18.2 Å². The van der Waals surface area contributed by atoms with Crippen molar-refractivity contribution in [1.82, 2.24) is 20.4 Å². The van der Waals surface area contributed by atoms with E-state index in [9.17, 15) is 9.59 Å². The molecule has 0 aliphatic rings. The number of nitrogens with one attached hydrogen (secondary N) is 2. The molecule has 0 radical (unpaired) electrons. The lowest BCUT2D eigenvalue weighted by atomic mass is 10.0. The highest BCUT2D eigenvalue weighted by atomic mass is 16.5. The number of para-hydroxylation sites is 1. The average Bonchev–Trinajstić information content (AvgIpc) is 2.55. The van der Waals surface area contributed by atoms with E-state index in [1.807, 2.05) is 43.3 Å². The Labute approximate surface area is 134 Å². The van der Waals surface area contributed by atoms with E-state index in [2.05, 4.69) is 15.5 Å². The number of hydrogen-bond acceptors (Lipinski definition) is 5. The number of likely N-dealkylation sites (N-methyl/N-ethyl adjacent to an activating group) is 1. The summed E-state index contributed by atoms with van der Waals surface area (Å²) in [5, 5.41) is 8.79. The minimum Gasteiger partial charge on any atom is -0.496 e. The molecule has 23 heavy (non-hydrogen) atoms. The molecule has 7 heteroatoms. The monoisotopic (exact) mass is 316 g/mol. The van der Waals surface area contributed by atoms with Crippen LogP contribution in [0.3, 0.4) is 0 Å². The number of amides is 1. The minimum absolute atomic E-state index is 0.0575. The Kier molecular flexibility index (Phi) is 5.48. The SMILES string of the molecule is COc1ccccc1C(CNC(=O)c1ccc(=O)[nH]n1)N(C)C. The molecule has 0 saturated carbocycles. The van der Waals surface area contributed by atoms with E-state index in [0.717, 1.165) is 11.3 Å². The van der Waals surface area contributed by atoms with Gasteiger partial charge in [-0.05, 0) is 26.2 Å². The maximum atomic E-state index is 12.1. The highest BCUT2D eigenvalue weighted by Gasteiger charge is 2.19. The van der Waals surface area contributed by atoms with Crippen LogP contribution < -0.4 is 15.6 Å². The number of carbonyl (C=O) groups excluding carboxylic acids is 1. The van der Waals surface area contributed by atoms with Crippen molar-refractivity contribution in [3.05, 3.63) is 58.0 Å². The lowest BCUT2D eigenvalue weighted by Crippen LogP contribution is -2.35. The molecule has 0 aliphatic heterocycles. The number of hydrogen-bond donors (Lipinski definition) is 2. The zero-order valence-corrected chi connectivity index (χ0v) is 13.4. The first-order valence-electron chi connectivity index (χ1n) is 7.16. The fourth-order valence-electron chi connectivity index (χ4n) is 2.26. The molecule has 0 aliphatic carbocycles. The number of carbonyl (C=O) groups is 1. The fraction of sp³-hybridized carbons (Fsp3) is 0.312. The third-order valence-corrected chi connectivity index (χ3v) is 3.49. The van der Waals surface area contributed by atoms with Crippen molar-refractivity contribution in [2.45, 2.75) is 6.04 Å². The lowest BCUT2D eigenvalue weighted by molar-refractivity contribution is 0.0935. The Morgan fingerprint density at radius 3 is 2.65 bits per heavy atom. The van der Waals surface area contributed by atoms with Crippen LogP contribution in [-0.4, -0.2) is 48.8 Å². The molecule has 0 saturated heterocycles. The van der Waals surface area contributed by atoms with Crippen molar-refractivity contribution in [3.63, 3.8) is 0 Å². The number of aromatic amines is 1. The first-order valence-corrected chi connectivity index (χ1v) is 7.16. The van der Waals surface area contributed by atoms with E-state index in [0.29, 0.717) is 6.54 Å². The summed E-state index contributed by atoms with van der Waals surface area (Å²) in [6.07, 6.45) is 0. The zero-order chi connectivity index (χ0) is 16.8. The molecule has 0 bridgehead atoms. The predicted molar refractivity (Wildman–Crippen MR) is 86.6 cm³/mol. The molecule has 2 aromatic rings. The van der Waals surface area contributed by atoms with Crippen molar-refractivity contribution in [3.8, 4) is 5.75 Å². The third-order valence-electron chi connectivity index (χ3n) is 3.49. The van der Waals surface area contributed by atoms with Crippen LogP contribution in [0.1, 0.15) is 22.1 Å². The van der Waals surface area contributed by atoms with Gasteiger partial charge in [-0.15, -0.1) is 0 Å². The normalized spacial score (nSPS) is 12.0. The number of H-pyrrole nitrogens is 1. The van der Waals surface area contributed by atoms with Crippen LogP contribution in [0, 0.1) is 0 Å². The number of nitrogens with zero attached hydrogens (tertiary/aromatic N) is 2. The van der Waals surface area contributed by atoms with Crippen LogP contribution in [0.25, 0.3) is 0 Å². The zero-order valence-electron chi connectivity index (χ0n) is 13.4. The van der Waals surface area contributed by atoms with Gasteiger partial charge in [0.05, 0.1) is 13.2 Å². The molecule has 0 spiro atoms. The standard InChI is InChI=1S/C16H20N4O3/c1-20(2)13(11-6-4-5-7-14(11)23-3)10-17-16(22)12-8-9-15(21)19-18-12/h4-9,13H,10H2,1-3H3,(H,17,22)(H,19,21). The van der Waals surface area contributed by atoms with Crippen LogP contribution in [0.5, 0.6) is 5.75 Å². The molecule has 2 rings (SSSR count). The molecule has 1 heterocycles. The molecule has 1 unspecified atom stereocenters. The Morgan fingerprint density at radius 2 is 2.04 bits per heavy atom. The Balaban J connectivity index is 2.12. The fourth-order valence-corrected chi connectivity index (χ4v) is 2.26. The van der Waals surface area contributed by atoms with Crippen molar-refractivity contribution >= 4 is 5.91 Å². The molecular weight excluding hydrogens is 296 g/mol. The van der Waals surface area contributed by atoms with Gasteiger partial charge in [0, 0.05) is 18.2 Å². The van der Waals surface area contributed by atoms with E-state index in [4.69, 9.17) is 4.74 Å². The average molecular weight is 316 g/mol. The van der Waals surface area contributed by atoms with Gasteiger partial charge in [-0.2, -0.15) is 5.10 Å². The highest BCUT2D eigenvalue weighted by molar-refractivity contribution is 5.92. The van der Waals surface area contributed by atoms with Crippen molar-refractivity contribution in [2.24, 2.45) is 0 Å². The molecule has 0 fully saturated rings. The summed E-state index contributed by atoms with van der Waals surface area (Å²) in [6, 6.07) is 10.3. The van der Waals surface area contributed by atoms with Gasteiger partial charge in [0.2, 0.25) is 0 Å². The second-order valence-electron chi connectivity index (χ2n) is 5.24. The van der Waals surface area contributed by atoms with Gasteiger partial charge in [-0.3, -0.25) is 9.59 Å². The molecule has 1 aromatic heterocycles. The highest BCUT2D eigenvalue weighted by Crippen LogP contribution is 2.27. The van der Waals surface area contributed by atoms with E-state index >= 15 is 0 Å². The Hall–Kier alpha value is -2.67.